The first-order valence-corrected chi connectivity index (χ1v) is 11.6. The Morgan fingerprint density at radius 3 is 2.50 bits per heavy atom. The third-order valence-electron chi connectivity index (χ3n) is 6.15. The second-order valence-corrected chi connectivity index (χ2v) is 9.47. The van der Waals surface area contributed by atoms with E-state index in [0.717, 1.165) is 17.6 Å². The van der Waals surface area contributed by atoms with E-state index in [1.165, 1.54) is 0 Å². The molecule has 1 aliphatic carbocycles. The minimum atomic E-state index is -3.65. The van der Waals surface area contributed by atoms with Crippen molar-refractivity contribution < 1.29 is 31.5 Å². The molecule has 0 N–H and O–H groups in total. The van der Waals surface area contributed by atoms with E-state index in [4.69, 9.17) is 23.1 Å². The van der Waals surface area contributed by atoms with Crippen molar-refractivity contribution in [1.29, 1.82) is 0 Å². The lowest BCUT2D eigenvalue weighted by Gasteiger charge is -2.40. The minimum absolute atomic E-state index is 0.0803. The molecule has 1 fully saturated rings. The van der Waals surface area contributed by atoms with Crippen LogP contribution in [0.3, 0.4) is 0 Å². The van der Waals surface area contributed by atoms with Crippen LogP contribution in [0.5, 0.6) is 11.5 Å². The fourth-order valence-corrected chi connectivity index (χ4v) is 5.20. The highest BCUT2D eigenvalue weighted by Crippen LogP contribution is 2.60. The number of allylic oxidation sites excluding steroid dienone is 2. The van der Waals surface area contributed by atoms with Gasteiger partial charge in [-0.3, -0.25) is 4.18 Å². The summed E-state index contributed by atoms with van der Waals surface area (Å²) in [6, 6.07) is 5.73. The van der Waals surface area contributed by atoms with Crippen LogP contribution in [0.25, 0.3) is 0 Å². The van der Waals surface area contributed by atoms with Crippen LogP contribution in [0.15, 0.2) is 42.7 Å². The third kappa shape index (κ3) is 4.08. The van der Waals surface area contributed by atoms with Crippen LogP contribution < -0.4 is 9.47 Å². The van der Waals surface area contributed by atoms with Crippen molar-refractivity contribution in [2.75, 3.05) is 27.6 Å². The zero-order chi connectivity index (χ0) is 22.1. The molecule has 0 spiro atoms. The van der Waals surface area contributed by atoms with Crippen LogP contribution in [-0.2, 0) is 23.8 Å². The molecule has 0 aromatic heterocycles. The van der Waals surface area contributed by atoms with Gasteiger partial charge in [0, 0.05) is 18.4 Å². The first-order chi connectivity index (χ1) is 14.2. The molecule has 30 heavy (non-hydrogen) atoms. The summed E-state index contributed by atoms with van der Waals surface area (Å²) in [5.41, 5.74) is 0.589. The maximum Gasteiger partial charge on any atom is 0.265 e. The number of rotatable bonds is 8. The zero-order valence-corrected chi connectivity index (χ0v) is 18.9. The molecule has 1 unspecified atom stereocenters. The lowest BCUT2D eigenvalue weighted by molar-refractivity contribution is -0.0198. The third-order valence-corrected chi connectivity index (χ3v) is 6.72. The average molecular weight is 439 g/mol. The Balaban J connectivity index is 2.03. The quantitative estimate of drug-likeness (QED) is 0.453. The highest BCUT2D eigenvalue weighted by Gasteiger charge is 2.56. The lowest BCUT2D eigenvalue weighted by atomic mass is 9.65. The van der Waals surface area contributed by atoms with Gasteiger partial charge >= 0.3 is 0 Å². The Hall–Kier alpha value is -2.03. The van der Waals surface area contributed by atoms with Crippen LogP contribution in [0.2, 0.25) is 0 Å². The van der Waals surface area contributed by atoms with Gasteiger partial charge in [0.05, 0.1) is 26.6 Å². The van der Waals surface area contributed by atoms with Gasteiger partial charge in [-0.15, -0.1) is 6.58 Å². The van der Waals surface area contributed by atoms with E-state index in [9.17, 15) is 8.42 Å². The molecule has 1 aliphatic heterocycles. The monoisotopic (exact) mass is 438 g/mol. The molecule has 1 aromatic carbocycles. The van der Waals surface area contributed by atoms with Gasteiger partial charge in [0.15, 0.2) is 11.5 Å². The summed E-state index contributed by atoms with van der Waals surface area (Å²) in [6.07, 6.45) is 4.49. The Morgan fingerprint density at radius 1 is 1.23 bits per heavy atom. The van der Waals surface area contributed by atoms with E-state index >= 15 is 0 Å². The Bertz CT molecular complexity index is 923. The Morgan fingerprint density at radius 2 is 1.93 bits per heavy atom. The van der Waals surface area contributed by atoms with Gasteiger partial charge in [-0.2, -0.15) is 8.42 Å². The van der Waals surface area contributed by atoms with Crippen molar-refractivity contribution in [2.24, 2.45) is 11.3 Å². The van der Waals surface area contributed by atoms with E-state index in [2.05, 4.69) is 13.5 Å². The van der Waals surface area contributed by atoms with E-state index in [-0.39, 0.29) is 17.4 Å². The first kappa shape index (κ1) is 22.7. The molecule has 5 atom stereocenters. The number of ether oxygens (including phenoxy) is 4. The second-order valence-electron chi connectivity index (χ2n) is 7.86. The van der Waals surface area contributed by atoms with Crippen LogP contribution in [-0.4, -0.2) is 48.2 Å². The Kier molecular flexibility index (Phi) is 6.50. The van der Waals surface area contributed by atoms with Crippen molar-refractivity contribution in [3.05, 3.63) is 48.3 Å². The average Bonchev–Trinajstić information content (AvgIpc) is 2.97. The number of methoxy groups -OCH3 is 3. The summed E-state index contributed by atoms with van der Waals surface area (Å²) >= 11 is 0. The smallest absolute Gasteiger partial charge is 0.265 e. The topological polar surface area (TPSA) is 80.3 Å². The summed E-state index contributed by atoms with van der Waals surface area (Å²) in [5, 5.41) is 0. The molecule has 2 aliphatic rings. The highest BCUT2D eigenvalue weighted by molar-refractivity contribution is 7.86. The SMILES string of the molecule is C=CC[C@]12C[C@@H](OC)C(OS(C)(=O)=O)C=C1O[C@@H](c1ccc(OC)c(OC)c1)[C@H]2C. The van der Waals surface area contributed by atoms with E-state index in [1.807, 2.05) is 24.3 Å². The van der Waals surface area contributed by atoms with E-state index in [0.29, 0.717) is 24.3 Å². The first-order valence-electron chi connectivity index (χ1n) is 9.82. The van der Waals surface area contributed by atoms with Crippen molar-refractivity contribution in [2.45, 2.75) is 38.1 Å². The molecule has 0 radical (unpaired) electrons. The predicted molar refractivity (Wildman–Crippen MR) is 113 cm³/mol. The van der Waals surface area contributed by atoms with Gasteiger partial charge in [-0.05, 0) is 36.6 Å². The van der Waals surface area contributed by atoms with Crippen molar-refractivity contribution in [3.63, 3.8) is 0 Å². The van der Waals surface area contributed by atoms with Gasteiger partial charge in [0.1, 0.15) is 18.0 Å². The number of benzene rings is 1. The zero-order valence-electron chi connectivity index (χ0n) is 18.1. The van der Waals surface area contributed by atoms with Gasteiger partial charge in [0.2, 0.25) is 0 Å². The Labute approximate surface area is 178 Å². The fraction of sp³-hybridized carbons (Fsp3) is 0.545. The van der Waals surface area contributed by atoms with Crippen molar-refractivity contribution in [3.8, 4) is 11.5 Å². The molecule has 0 amide bonds. The van der Waals surface area contributed by atoms with Gasteiger partial charge < -0.3 is 18.9 Å². The summed E-state index contributed by atoms with van der Waals surface area (Å²) in [5.74, 6) is 2.07. The predicted octanol–water partition coefficient (Wildman–Crippen LogP) is 3.62. The number of hydrogen-bond acceptors (Lipinski definition) is 7. The standard InChI is InChI=1S/C22H30O7S/c1-7-10-22-13-19(27-5)18(29-30(6,23)24)12-20(22)28-21(14(22)2)15-8-9-16(25-3)17(11-15)26-4/h7-9,11-12,14,18-19,21H,1,10,13H2,2-6H3/t14-,18?,19-,21-,22-/m1/s1. The molecule has 0 saturated carbocycles. The fourth-order valence-electron chi connectivity index (χ4n) is 4.62. The molecule has 1 heterocycles. The number of hydrogen-bond donors (Lipinski definition) is 0. The van der Waals surface area contributed by atoms with E-state index in [1.54, 1.807) is 27.4 Å². The molecule has 7 nitrogen and oxygen atoms in total. The summed E-state index contributed by atoms with van der Waals surface area (Å²) in [7, 11) is 1.10. The van der Waals surface area contributed by atoms with Crippen LogP contribution >= 0.6 is 0 Å². The molecule has 166 valence electrons. The highest BCUT2D eigenvalue weighted by atomic mass is 32.2. The number of fused-ring (bicyclic) bond motifs is 1. The second kappa shape index (κ2) is 8.61. The van der Waals surface area contributed by atoms with Crippen molar-refractivity contribution in [1.82, 2.24) is 0 Å². The largest absolute Gasteiger partial charge is 0.493 e. The minimum Gasteiger partial charge on any atom is -0.493 e. The van der Waals surface area contributed by atoms with Crippen molar-refractivity contribution >= 4 is 10.1 Å². The van der Waals surface area contributed by atoms with Gasteiger partial charge in [-0.25, -0.2) is 0 Å². The van der Waals surface area contributed by atoms with Crippen LogP contribution in [0.1, 0.15) is 31.4 Å². The molecular weight excluding hydrogens is 408 g/mol. The van der Waals surface area contributed by atoms with Crippen LogP contribution in [0.4, 0.5) is 0 Å². The van der Waals surface area contributed by atoms with Gasteiger partial charge in [-0.1, -0.05) is 19.1 Å². The maximum absolute atomic E-state index is 11.7. The maximum atomic E-state index is 11.7. The normalized spacial score (nSPS) is 30.8. The molecule has 1 aromatic rings. The lowest BCUT2D eigenvalue weighted by Crippen LogP contribution is -2.43. The molecular formula is C22H30O7S. The molecule has 3 rings (SSSR count). The van der Waals surface area contributed by atoms with E-state index < -0.39 is 22.3 Å². The molecule has 0 bridgehead atoms. The van der Waals surface area contributed by atoms with Gasteiger partial charge in [0.25, 0.3) is 10.1 Å². The summed E-state index contributed by atoms with van der Waals surface area (Å²) in [4.78, 5) is 0. The summed E-state index contributed by atoms with van der Waals surface area (Å²) < 4.78 is 51.6. The summed E-state index contributed by atoms with van der Waals surface area (Å²) in [6.45, 7) is 6.07. The van der Waals surface area contributed by atoms with Crippen LogP contribution in [0, 0.1) is 11.3 Å². The molecule has 1 saturated heterocycles. The molecule has 8 heteroatoms.